The monoisotopic (exact) mass is 177 g/mol. The van der Waals surface area contributed by atoms with E-state index in [4.69, 9.17) is 23.2 Å². The molecule has 1 heterocycles. The van der Waals surface area contributed by atoms with Gasteiger partial charge in [0.25, 0.3) is 0 Å². The lowest BCUT2D eigenvalue weighted by Gasteiger charge is -1.99. The summed E-state index contributed by atoms with van der Waals surface area (Å²) in [7, 11) is 0. The standard InChI is InChI=1S/C6H5Cl2NO/c1-4-5(7)2-9(10)3-6(4)8/h2-3H,1H3. The molecule has 0 fully saturated rings. The predicted molar refractivity (Wildman–Crippen MR) is 40.2 cm³/mol. The number of rotatable bonds is 0. The van der Waals surface area contributed by atoms with Crippen LogP contribution in [0.2, 0.25) is 10.0 Å². The molecule has 0 saturated carbocycles. The van der Waals surface area contributed by atoms with Gasteiger partial charge in [0, 0.05) is 0 Å². The second-order valence-electron chi connectivity index (χ2n) is 1.94. The zero-order chi connectivity index (χ0) is 7.72. The number of halogens is 2. The lowest BCUT2D eigenvalue weighted by Crippen LogP contribution is -2.24. The molecule has 0 saturated heterocycles. The Morgan fingerprint density at radius 2 is 1.70 bits per heavy atom. The van der Waals surface area contributed by atoms with Gasteiger partial charge in [-0.25, -0.2) is 0 Å². The fourth-order valence-electron chi connectivity index (χ4n) is 0.568. The molecule has 0 N–H and O–H groups in total. The van der Waals surface area contributed by atoms with Crippen LogP contribution in [0.4, 0.5) is 0 Å². The third kappa shape index (κ3) is 1.33. The molecule has 0 aliphatic heterocycles. The molecule has 10 heavy (non-hydrogen) atoms. The third-order valence-corrected chi connectivity index (χ3v) is 1.96. The largest absolute Gasteiger partial charge is 0.619 e. The van der Waals surface area contributed by atoms with E-state index in [1.165, 1.54) is 12.4 Å². The summed E-state index contributed by atoms with van der Waals surface area (Å²) < 4.78 is 0.581. The van der Waals surface area contributed by atoms with Crippen LogP contribution in [-0.2, 0) is 0 Å². The molecule has 0 bridgehead atoms. The summed E-state index contributed by atoms with van der Waals surface area (Å²) in [5.74, 6) is 0. The van der Waals surface area contributed by atoms with Gasteiger partial charge in [0.1, 0.15) is 10.0 Å². The number of nitrogens with zero attached hydrogens (tertiary/aromatic N) is 1. The molecule has 0 spiro atoms. The molecular formula is C6H5Cl2NO. The molecule has 0 unspecified atom stereocenters. The van der Waals surface area contributed by atoms with E-state index in [1.807, 2.05) is 0 Å². The summed E-state index contributed by atoms with van der Waals surface area (Å²) in [4.78, 5) is 0. The first-order chi connectivity index (χ1) is 4.61. The van der Waals surface area contributed by atoms with Crippen molar-refractivity contribution in [3.05, 3.63) is 33.2 Å². The van der Waals surface area contributed by atoms with Gasteiger partial charge in [0.15, 0.2) is 12.4 Å². The van der Waals surface area contributed by atoms with Crippen molar-refractivity contribution in [3.8, 4) is 0 Å². The summed E-state index contributed by atoms with van der Waals surface area (Å²) in [5.41, 5.74) is 0.732. The van der Waals surface area contributed by atoms with Crippen LogP contribution < -0.4 is 4.73 Å². The maximum atomic E-state index is 10.6. The van der Waals surface area contributed by atoms with Gasteiger partial charge in [-0.05, 0) is 12.5 Å². The molecule has 0 atom stereocenters. The van der Waals surface area contributed by atoms with Crippen molar-refractivity contribution in [2.24, 2.45) is 0 Å². The van der Waals surface area contributed by atoms with Crippen LogP contribution in [0.1, 0.15) is 5.56 Å². The summed E-state index contributed by atoms with van der Waals surface area (Å²) in [6.07, 6.45) is 2.53. The smallest absolute Gasteiger partial charge is 0.199 e. The van der Waals surface area contributed by atoms with E-state index in [-0.39, 0.29) is 0 Å². The second-order valence-corrected chi connectivity index (χ2v) is 2.75. The predicted octanol–water partition coefficient (Wildman–Crippen LogP) is 1.94. The summed E-state index contributed by atoms with van der Waals surface area (Å²) in [5, 5.41) is 11.4. The van der Waals surface area contributed by atoms with Crippen LogP contribution in [0.25, 0.3) is 0 Å². The van der Waals surface area contributed by atoms with Gasteiger partial charge in [-0.2, -0.15) is 4.73 Å². The van der Waals surface area contributed by atoms with Crippen molar-refractivity contribution in [1.82, 2.24) is 0 Å². The summed E-state index contributed by atoms with van der Waals surface area (Å²) in [6.45, 7) is 1.75. The average molecular weight is 178 g/mol. The Morgan fingerprint density at radius 1 is 1.30 bits per heavy atom. The number of pyridine rings is 1. The molecule has 0 aliphatic carbocycles. The van der Waals surface area contributed by atoms with E-state index in [1.54, 1.807) is 6.92 Å². The Kier molecular flexibility index (Phi) is 2.02. The minimum Gasteiger partial charge on any atom is -0.619 e. The Hall–Kier alpha value is -0.470. The third-order valence-electron chi connectivity index (χ3n) is 1.20. The first-order valence-electron chi connectivity index (χ1n) is 2.65. The number of hydrogen-bond acceptors (Lipinski definition) is 1. The van der Waals surface area contributed by atoms with E-state index in [9.17, 15) is 5.21 Å². The zero-order valence-electron chi connectivity index (χ0n) is 5.27. The molecule has 0 radical (unpaired) electrons. The minimum absolute atomic E-state index is 0.391. The summed E-state index contributed by atoms with van der Waals surface area (Å²) in [6, 6.07) is 0. The quantitative estimate of drug-likeness (QED) is 0.440. The Bertz CT molecular complexity index is 239. The highest BCUT2D eigenvalue weighted by Crippen LogP contribution is 2.19. The van der Waals surface area contributed by atoms with E-state index in [2.05, 4.69) is 0 Å². The molecular weight excluding hydrogens is 173 g/mol. The van der Waals surface area contributed by atoms with Gasteiger partial charge in [-0.3, -0.25) is 0 Å². The maximum Gasteiger partial charge on any atom is 0.199 e. The zero-order valence-corrected chi connectivity index (χ0v) is 6.78. The molecule has 1 rings (SSSR count). The highest BCUT2D eigenvalue weighted by molar-refractivity contribution is 6.35. The normalized spacial score (nSPS) is 9.90. The minimum atomic E-state index is 0.391. The first-order valence-corrected chi connectivity index (χ1v) is 3.41. The van der Waals surface area contributed by atoms with Gasteiger partial charge in [-0.1, -0.05) is 23.2 Å². The fraction of sp³-hybridized carbons (Fsp3) is 0.167. The second kappa shape index (κ2) is 2.64. The van der Waals surface area contributed by atoms with E-state index < -0.39 is 0 Å². The number of hydrogen-bond donors (Lipinski definition) is 0. The molecule has 0 aliphatic rings. The van der Waals surface area contributed by atoms with Crippen LogP contribution in [0.3, 0.4) is 0 Å². The van der Waals surface area contributed by atoms with Crippen molar-refractivity contribution < 1.29 is 4.73 Å². The van der Waals surface area contributed by atoms with Crippen LogP contribution in [0.5, 0.6) is 0 Å². The van der Waals surface area contributed by atoms with Crippen molar-refractivity contribution >= 4 is 23.2 Å². The van der Waals surface area contributed by atoms with Gasteiger partial charge >= 0.3 is 0 Å². The highest BCUT2D eigenvalue weighted by atomic mass is 35.5. The maximum absolute atomic E-state index is 10.6. The van der Waals surface area contributed by atoms with Gasteiger partial charge in [-0.15, -0.1) is 0 Å². The Labute approximate surface area is 68.6 Å². The van der Waals surface area contributed by atoms with Crippen LogP contribution in [0.15, 0.2) is 12.4 Å². The topological polar surface area (TPSA) is 26.9 Å². The summed E-state index contributed by atoms with van der Waals surface area (Å²) >= 11 is 11.2. The fourth-order valence-corrected chi connectivity index (χ4v) is 1.01. The van der Waals surface area contributed by atoms with Gasteiger partial charge < -0.3 is 5.21 Å². The number of aromatic nitrogens is 1. The van der Waals surface area contributed by atoms with Crippen LogP contribution in [0, 0.1) is 12.1 Å². The molecule has 4 heteroatoms. The Morgan fingerprint density at radius 3 is 2.10 bits per heavy atom. The van der Waals surface area contributed by atoms with Crippen molar-refractivity contribution in [2.45, 2.75) is 6.92 Å². The molecule has 1 aromatic heterocycles. The average Bonchev–Trinajstić information content (AvgIpc) is 1.82. The molecule has 1 aromatic rings. The first kappa shape index (κ1) is 7.63. The van der Waals surface area contributed by atoms with Gasteiger partial charge in [0.05, 0.1) is 0 Å². The SMILES string of the molecule is Cc1c(Cl)c[n+]([O-])cc1Cl. The van der Waals surface area contributed by atoms with Crippen LogP contribution >= 0.6 is 23.2 Å². The van der Waals surface area contributed by atoms with Gasteiger partial charge in [0.2, 0.25) is 0 Å². The molecule has 54 valence electrons. The lowest BCUT2D eigenvalue weighted by atomic mass is 10.3. The van der Waals surface area contributed by atoms with Crippen molar-refractivity contribution in [1.29, 1.82) is 0 Å². The lowest BCUT2D eigenvalue weighted by molar-refractivity contribution is -0.605. The van der Waals surface area contributed by atoms with Crippen molar-refractivity contribution in [2.75, 3.05) is 0 Å². The van der Waals surface area contributed by atoms with Crippen LogP contribution in [-0.4, -0.2) is 0 Å². The van der Waals surface area contributed by atoms with Crippen molar-refractivity contribution in [3.63, 3.8) is 0 Å². The molecule has 2 nitrogen and oxygen atoms in total. The Balaban J connectivity index is 3.31. The molecule has 0 aromatic carbocycles. The molecule has 0 amide bonds. The highest BCUT2D eigenvalue weighted by Gasteiger charge is 2.04. The van der Waals surface area contributed by atoms with E-state index in [0.717, 1.165) is 5.56 Å². The van der Waals surface area contributed by atoms with E-state index >= 15 is 0 Å². The van der Waals surface area contributed by atoms with E-state index in [0.29, 0.717) is 14.8 Å².